The molecule has 3 rings (SSSR count). The van der Waals surface area contributed by atoms with E-state index < -0.39 is 0 Å². The molecule has 2 aromatic carbocycles. The maximum atomic E-state index is 4.20. The van der Waals surface area contributed by atoms with Crippen LogP contribution in [0.15, 0.2) is 67.0 Å². The maximum absolute atomic E-state index is 4.20. The highest BCUT2D eigenvalue weighted by Crippen LogP contribution is 2.24. The van der Waals surface area contributed by atoms with E-state index in [1.54, 1.807) is 6.20 Å². The van der Waals surface area contributed by atoms with Crippen molar-refractivity contribution in [3.05, 3.63) is 78.1 Å². The average Bonchev–Trinajstić information content (AvgIpc) is 2.49. The molecule has 0 bridgehead atoms. The van der Waals surface area contributed by atoms with Crippen molar-refractivity contribution in [2.24, 2.45) is 0 Å². The minimum atomic E-state index is 0.179. The number of fused-ring (bicyclic) bond motifs is 1. The van der Waals surface area contributed by atoms with Crippen LogP contribution in [0, 0.1) is 0 Å². The van der Waals surface area contributed by atoms with Crippen molar-refractivity contribution in [3.8, 4) is 0 Å². The quantitative estimate of drug-likeness (QED) is 0.766. The van der Waals surface area contributed by atoms with Gasteiger partial charge in [-0.05, 0) is 41.1 Å². The summed E-state index contributed by atoms with van der Waals surface area (Å²) in [5.41, 5.74) is 2.44. The van der Waals surface area contributed by atoms with E-state index in [1.165, 1.54) is 21.9 Å². The van der Waals surface area contributed by atoms with Crippen molar-refractivity contribution < 1.29 is 0 Å². The summed E-state index contributed by atoms with van der Waals surface area (Å²) >= 11 is 0. The Kier molecular flexibility index (Phi) is 3.25. The van der Waals surface area contributed by atoms with Gasteiger partial charge in [-0.1, -0.05) is 42.5 Å². The molecule has 1 atom stereocenters. The predicted molar refractivity (Wildman–Crippen MR) is 79.1 cm³/mol. The van der Waals surface area contributed by atoms with Crippen molar-refractivity contribution in [1.29, 1.82) is 0 Å². The Morgan fingerprint density at radius 3 is 2.47 bits per heavy atom. The molecule has 2 nitrogen and oxygen atoms in total. The average molecular weight is 248 g/mol. The van der Waals surface area contributed by atoms with Crippen LogP contribution in [0.3, 0.4) is 0 Å². The van der Waals surface area contributed by atoms with Crippen molar-refractivity contribution >= 4 is 10.8 Å². The number of pyridine rings is 1. The molecule has 0 saturated carbocycles. The minimum absolute atomic E-state index is 0.179. The van der Waals surface area contributed by atoms with Crippen LogP contribution < -0.4 is 5.32 Å². The molecule has 2 heteroatoms. The van der Waals surface area contributed by atoms with Gasteiger partial charge in [0.15, 0.2) is 0 Å². The molecule has 3 aromatic rings. The summed E-state index contributed by atoms with van der Waals surface area (Å²) in [4.78, 5) is 4.20. The lowest BCUT2D eigenvalue weighted by Gasteiger charge is -2.17. The smallest absolute Gasteiger partial charge is 0.0589 e. The Bertz CT molecular complexity index is 677. The molecule has 0 amide bonds. The Labute approximate surface area is 113 Å². The zero-order valence-electron chi connectivity index (χ0n) is 10.9. The molecule has 1 N–H and O–H groups in total. The Balaban J connectivity index is 2.06. The SMILES string of the molecule is CNC(c1cccnc1)c1ccc2ccccc2c1. The van der Waals surface area contributed by atoms with Crippen LogP contribution in [-0.4, -0.2) is 12.0 Å². The van der Waals surface area contributed by atoms with Gasteiger partial charge in [0, 0.05) is 12.4 Å². The number of hydrogen-bond acceptors (Lipinski definition) is 2. The fourth-order valence-corrected chi connectivity index (χ4v) is 2.46. The molecule has 0 radical (unpaired) electrons. The van der Waals surface area contributed by atoms with Crippen molar-refractivity contribution in [2.45, 2.75) is 6.04 Å². The lowest BCUT2D eigenvalue weighted by molar-refractivity contribution is 0.689. The zero-order chi connectivity index (χ0) is 13.1. The summed E-state index contributed by atoms with van der Waals surface area (Å²) in [6, 6.07) is 19.3. The minimum Gasteiger partial charge on any atom is -0.309 e. The lowest BCUT2D eigenvalue weighted by Crippen LogP contribution is -2.17. The fraction of sp³-hybridized carbons (Fsp3) is 0.118. The molecule has 0 spiro atoms. The van der Waals surface area contributed by atoms with E-state index in [9.17, 15) is 0 Å². The zero-order valence-corrected chi connectivity index (χ0v) is 10.9. The monoisotopic (exact) mass is 248 g/mol. The van der Waals surface area contributed by atoms with Crippen LogP contribution in [0.1, 0.15) is 17.2 Å². The maximum Gasteiger partial charge on any atom is 0.0589 e. The van der Waals surface area contributed by atoms with Crippen molar-refractivity contribution in [2.75, 3.05) is 7.05 Å². The highest BCUT2D eigenvalue weighted by Gasteiger charge is 2.11. The molecule has 0 aliphatic carbocycles. The van der Waals surface area contributed by atoms with Crippen LogP contribution in [-0.2, 0) is 0 Å². The third kappa shape index (κ3) is 2.35. The summed E-state index contributed by atoms with van der Waals surface area (Å²) in [7, 11) is 1.98. The molecular formula is C17H16N2. The molecule has 19 heavy (non-hydrogen) atoms. The first-order valence-electron chi connectivity index (χ1n) is 6.44. The van der Waals surface area contributed by atoms with Crippen LogP contribution >= 0.6 is 0 Å². The van der Waals surface area contributed by atoms with Gasteiger partial charge in [0.05, 0.1) is 6.04 Å². The Morgan fingerprint density at radius 1 is 0.895 bits per heavy atom. The first kappa shape index (κ1) is 11.9. The predicted octanol–water partition coefficient (Wildman–Crippen LogP) is 3.54. The molecule has 1 aromatic heterocycles. The molecule has 0 fully saturated rings. The molecular weight excluding hydrogens is 232 g/mol. The van der Waals surface area contributed by atoms with Gasteiger partial charge in [-0.15, -0.1) is 0 Å². The van der Waals surface area contributed by atoms with Gasteiger partial charge in [0.2, 0.25) is 0 Å². The van der Waals surface area contributed by atoms with E-state index in [0.29, 0.717) is 0 Å². The Hall–Kier alpha value is -2.19. The Morgan fingerprint density at radius 2 is 1.74 bits per heavy atom. The number of hydrogen-bond donors (Lipinski definition) is 1. The summed E-state index contributed by atoms with van der Waals surface area (Å²) in [5.74, 6) is 0. The number of nitrogens with zero attached hydrogens (tertiary/aromatic N) is 1. The van der Waals surface area contributed by atoms with E-state index in [0.717, 1.165) is 0 Å². The van der Waals surface area contributed by atoms with Crippen LogP contribution in [0.25, 0.3) is 10.8 Å². The third-order valence-corrected chi connectivity index (χ3v) is 3.41. The number of benzene rings is 2. The molecule has 1 unspecified atom stereocenters. The largest absolute Gasteiger partial charge is 0.309 e. The van der Waals surface area contributed by atoms with E-state index >= 15 is 0 Å². The standard InChI is InChI=1S/C17H16N2/c1-18-17(16-7-4-10-19-12-16)15-9-8-13-5-2-3-6-14(13)11-15/h2-12,17-18H,1H3. The van der Waals surface area contributed by atoms with Gasteiger partial charge in [0.1, 0.15) is 0 Å². The molecule has 1 heterocycles. The lowest BCUT2D eigenvalue weighted by atomic mass is 9.97. The van der Waals surface area contributed by atoms with E-state index in [2.05, 4.69) is 58.8 Å². The summed E-state index contributed by atoms with van der Waals surface area (Å²) in [6.07, 6.45) is 3.72. The first-order valence-corrected chi connectivity index (χ1v) is 6.44. The molecule has 0 aliphatic heterocycles. The van der Waals surface area contributed by atoms with Crippen LogP contribution in [0.4, 0.5) is 0 Å². The summed E-state index contributed by atoms with van der Waals surface area (Å²) < 4.78 is 0. The second kappa shape index (κ2) is 5.21. The van der Waals surface area contributed by atoms with E-state index in [1.807, 2.05) is 19.3 Å². The topological polar surface area (TPSA) is 24.9 Å². The first-order chi connectivity index (χ1) is 9.38. The molecule has 0 aliphatic rings. The van der Waals surface area contributed by atoms with Crippen LogP contribution in [0.5, 0.6) is 0 Å². The van der Waals surface area contributed by atoms with Gasteiger partial charge >= 0.3 is 0 Å². The van der Waals surface area contributed by atoms with Gasteiger partial charge in [-0.2, -0.15) is 0 Å². The van der Waals surface area contributed by atoms with E-state index in [-0.39, 0.29) is 6.04 Å². The highest BCUT2D eigenvalue weighted by atomic mass is 14.9. The number of nitrogens with one attached hydrogen (secondary N) is 1. The normalized spacial score (nSPS) is 12.5. The van der Waals surface area contributed by atoms with Crippen LogP contribution in [0.2, 0.25) is 0 Å². The van der Waals surface area contributed by atoms with Gasteiger partial charge in [0.25, 0.3) is 0 Å². The van der Waals surface area contributed by atoms with Crippen molar-refractivity contribution in [3.63, 3.8) is 0 Å². The number of aromatic nitrogens is 1. The second-order valence-corrected chi connectivity index (χ2v) is 4.61. The molecule has 0 saturated heterocycles. The molecule has 94 valence electrons. The fourth-order valence-electron chi connectivity index (χ4n) is 2.46. The third-order valence-electron chi connectivity index (χ3n) is 3.41. The van der Waals surface area contributed by atoms with Gasteiger partial charge in [-0.25, -0.2) is 0 Å². The second-order valence-electron chi connectivity index (χ2n) is 4.61. The summed E-state index contributed by atoms with van der Waals surface area (Å²) in [6.45, 7) is 0. The number of rotatable bonds is 3. The summed E-state index contributed by atoms with van der Waals surface area (Å²) in [5, 5.41) is 5.90. The van der Waals surface area contributed by atoms with E-state index in [4.69, 9.17) is 0 Å². The van der Waals surface area contributed by atoms with Gasteiger partial charge < -0.3 is 5.32 Å². The van der Waals surface area contributed by atoms with Crippen molar-refractivity contribution in [1.82, 2.24) is 10.3 Å². The van der Waals surface area contributed by atoms with Gasteiger partial charge in [-0.3, -0.25) is 4.98 Å². The highest BCUT2D eigenvalue weighted by molar-refractivity contribution is 5.83.